The molecule has 26 heavy (non-hydrogen) atoms. The highest BCUT2D eigenvalue weighted by molar-refractivity contribution is 5.69. The maximum absolute atomic E-state index is 13.4. The number of rotatable bonds is 3. The van der Waals surface area contributed by atoms with E-state index in [1.54, 1.807) is 6.07 Å². The van der Waals surface area contributed by atoms with Crippen molar-refractivity contribution in [3.8, 4) is 5.69 Å². The SMILES string of the molecule is O=c1c2ncn([C@@H]3O[C@H](CO)[C@H](O)C3O)c2ncn1-c1cccc(F)c1. The highest BCUT2D eigenvalue weighted by Gasteiger charge is 2.44. The van der Waals surface area contributed by atoms with Gasteiger partial charge < -0.3 is 20.1 Å². The number of halogens is 1. The number of hydrogen-bond donors (Lipinski definition) is 3. The van der Waals surface area contributed by atoms with Gasteiger partial charge in [0, 0.05) is 0 Å². The molecule has 0 radical (unpaired) electrons. The van der Waals surface area contributed by atoms with Gasteiger partial charge in [0.15, 0.2) is 17.4 Å². The smallest absolute Gasteiger partial charge is 0.286 e. The molecule has 1 fully saturated rings. The van der Waals surface area contributed by atoms with E-state index in [0.717, 1.165) is 4.57 Å². The highest BCUT2D eigenvalue weighted by Crippen LogP contribution is 2.30. The van der Waals surface area contributed by atoms with E-state index < -0.39 is 42.5 Å². The summed E-state index contributed by atoms with van der Waals surface area (Å²) in [5, 5.41) is 29.2. The molecule has 0 amide bonds. The van der Waals surface area contributed by atoms with Crippen LogP contribution in [0.5, 0.6) is 0 Å². The number of nitrogens with zero attached hydrogens (tertiary/aromatic N) is 4. The summed E-state index contributed by atoms with van der Waals surface area (Å²) in [5.41, 5.74) is -0.0926. The second-order valence-electron chi connectivity index (χ2n) is 5.95. The number of aromatic nitrogens is 4. The second-order valence-corrected chi connectivity index (χ2v) is 5.95. The lowest BCUT2D eigenvalue weighted by molar-refractivity contribution is -0.0511. The maximum atomic E-state index is 13.4. The zero-order chi connectivity index (χ0) is 18.4. The van der Waals surface area contributed by atoms with Crippen molar-refractivity contribution in [2.75, 3.05) is 6.61 Å². The van der Waals surface area contributed by atoms with Crippen LogP contribution in [0, 0.1) is 5.82 Å². The molecule has 1 saturated heterocycles. The molecule has 1 aliphatic rings. The average molecular weight is 362 g/mol. The van der Waals surface area contributed by atoms with Crippen LogP contribution in [0.15, 0.2) is 41.7 Å². The molecule has 10 heteroatoms. The first-order valence-corrected chi connectivity index (χ1v) is 7.84. The molecule has 0 spiro atoms. The largest absolute Gasteiger partial charge is 0.394 e. The maximum Gasteiger partial charge on any atom is 0.286 e. The van der Waals surface area contributed by atoms with Gasteiger partial charge in [0.2, 0.25) is 0 Å². The van der Waals surface area contributed by atoms with Crippen molar-refractivity contribution in [2.45, 2.75) is 24.5 Å². The minimum atomic E-state index is -1.32. The van der Waals surface area contributed by atoms with Crippen molar-refractivity contribution in [3.63, 3.8) is 0 Å². The monoisotopic (exact) mass is 362 g/mol. The van der Waals surface area contributed by atoms with Crippen LogP contribution in [-0.4, -0.2) is 59.3 Å². The Bertz CT molecular complexity index is 1020. The normalized spacial score (nSPS) is 25.8. The standard InChI is InChI=1S/C16H15FN4O5/c17-8-2-1-3-9(4-8)20-7-19-14-11(15(20)25)18-6-21(14)16-13(24)12(23)10(5-22)26-16/h1-4,6-7,10,12-13,16,22-24H,5H2/t10-,12+,13?,16-/m1/s1. The Balaban J connectivity index is 1.79. The Morgan fingerprint density at radius 2 is 2.00 bits per heavy atom. The fourth-order valence-corrected chi connectivity index (χ4v) is 3.02. The van der Waals surface area contributed by atoms with E-state index in [-0.39, 0.29) is 11.2 Å². The van der Waals surface area contributed by atoms with Crippen molar-refractivity contribution < 1.29 is 24.4 Å². The van der Waals surface area contributed by atoms with Gasteiger partial charge in [-0.1, -0.05) is 6.07 Å². The number of fused-ring (bicyclic) bond motifs is 1. The number of imidazole rings is 1. The molecular weight excluding hydrogens is 347 g/mol. The summed E-state index contributed by atoms with van der Waals surface area (Å²) >= 11 is 0. The Hall–Kier alpha value is -2.66. The molecule has 9 nitrogen and oxygen atoms in total. The Labute approximate surface area is 145 Å². The first-order chi connectivity index (χ1) is 12.5. The molecule has 0 saturated carbocycles. The van der Waals surface area contributed by atoms with Gasteiger partial charge in [0.25, 0.3) is 5.56 Å². The first kappa shape index (κ1) is 16.8. The molecular formula is C16H15FN4O5. The van der Waals surface area contributed by atoms with Crippen molar-refractivity contribution in [1.82, 2.24) is 19.1 Å². The van der Waals surface area contributed by atoms with Crippen molar-refractivity contribution in [2.24, 2.45) is 0 Å². The van der Waals surface area contributed by atoms with E-state index >= 15 is 0 Å². The van der Waals surface area contributed by atoms with Crippen LogP contribution < -0.4 is 5.56 Å². The minimum absolute atomic E-state index is 0.00509. The molecule has 1 aromatic carbocycles. The number of aliphatic hydroxyl groups is 3. The van der Waals surface area contributed by atoms with E-state index in [1.165, 1.54) is 35.4 Å². The lowest BCUT2D eigenvalue weighted by Gasteiger charge is -2.16. The molecule has 4 rings (SSSR count). The molecule has 3 aromatic rings. The molecule has 4 atom stereocenters. The Kier molecular flexibility index (Phi) is 4.04. The van der Waals surface area contributed by atoms with Gasteiger partial charge in [0.05, 0.1) is 18.6 Å². The van der Waals surface area contributed by atoms with Crippen molar-refractivity contribution >= 4 is 11.2 Å². The van der Waals surface area contributed by atoms with Crippen molar-refractivity contribution in [1.29, 1.82) is 0 Å². The molecule has 2 aromatic heterocycles. The van der Waals surface area contributed by atoms with Crippen molar-refractivity contribution in [3.05, 3.63) is 53.1 Å². The summed E-state index contributed by atoms with van der Waals surface area (Å²) in [6.07, 6.45) is -2.13. The second kappa shape index (κ2) is 6.25. The molecule has 1 aliphatic heterocycles. The van der Waals surface area contributed by atoms with Gasteiger partial charge in [0.1, 0.15) is 30.5 Å². The van der Waals surface area contributed by atoms with Crippen LogP contribution in [0.25, 0.3) is 16.9 Å². The molecule has 3 N–H and O–H groups in total. The number of hydrogen-bond acceptors (Lipinski definition) is 7. The van der Waals surface area contributed by atoms with E-state index in [0.29, 0.717) is 5.69 Å². The number of aliphatic hydroxyl groups excluding tert-OH is 3. The summed E-state index contributed by atoms with van der Waals surface area (Å²) < 4.78 is 21.3. The Morgan fingerprint density at radius 3 is 2.69 bits per heavy atom. The molecule has 136 valence electrons. The van der Waals surface area contributed by atoms with E-state index in [4.69, 9.17) is 4.74 Å². The van der Waals surface area contributed by atoms with Gasteiger partial charge in [-0.25, -0.2) is 14.4 Å². The fourth-order valence-electron chi connectivity index (χ4n) is 3.02. The highest BCUT2D eigenvalue weighted by atomic mass is 19.1. The molecule has 3 heterocycles. The number of ether oxygens (including phenoxy) is 1. The zero-order valence-corrected chi connectivity index (χ0v) is 13.3. The lowest BCUT2D eigenvalue weighted by atomic mass is 10.1. The first-order valence-electron chi connectivity index (χ1n) is 7.84. The third-order valence-corrected chi connectivity index (χ3v) is 4.36. The summed E-state index contributed by atoms with van der Waals surface area (Å²) in [7, 11) is 0. The topological polar surface area (TPSA) is 123 Å². The Morgan fingerprint density at radius 1 is 1.19 bits per heavy atom. The van der Waals surface area contributed by atoms with Crippen LogP contribution in [0.2, 0.25) is 0 Å². The van der Waals surface area contributed by atoms with Crippen LogP contribution in [0.1, 0.15) is 6.23 Å². The summed E-state index contributed by atoms with van der Waals surface area (Å²) in [6.45, 7) is -0.471. The van der Waals surface area contributed by atoms with Crippen LogP contribution in [0.4, 0.5) is 4.39 Å². The van der Waals surface area contributed by atoms with E-state index in [2.05, 4.69) is 9.97 Å². The van der Waals surface area contributed by atoms with Gasteiger partial charge in [-0.05, 0) is 18.2 Å². The van der Waals surface area contributed by atoms with Crippen LogP contribution in [0.3, 0.4) is 0 Å². The van der Waals surface area contributed by atoms with Gasteiger partial charge in [-0.3, -0.25) is 13.9 Å². The number of benzene rings is 1. The molecule has 0 bridgehead atoms. The summed E-state index contributed by atoms with van der Waals surface area (Å²) in [6, 6.07) is 5.48. The predicted molar refractivity (Wildman–Crippen MR) is 86.1 cm³/mol. The lowest BCUT2D eigenvalue weighted by Crippen LogP contribution is -2.33. The zero-order valence-electron chi connectivity index (χ0n) is 13.3. The predicted octanol–water partition coefficient (Wildman–Crippen LogP) is -0.667. The molecule has 0 aliphatic carbocycles. The summed E-state index contributed by atoms with van der Waals surface area (Å²) in [5.74, 6) is -0.494. The minimum Gasteiger partial charge on any atom is -0.394 e. The van der Waals surface area contributed by atoms with Crippen LogP contribution in [-0.2, 0) is 4.74 Å². The van der Waals surface area contributed by atoms with Gasteiger partial charge in [-0.15, -0.1) is 0 Å². The quantitative estimate of drug-likeness (QED) is 0.565. The van der Waals surface area contributed by atoms with Gasteiger partial charge >= 0.3 is 0 Å². The van der Waals surface area contributed by atoms with E-state index in [9.17, 15) is 24.5 Å². The van der Waals surface area contributed by atoms with Gasteiger partial charge in [-0.2, -0.15) is 0 Å². The average Bonchev–Trinajstić information content (AvgIpc) is 3.18. The third kappa shape index (κ3) is 2.51. The van der Waals surface area contributed by atoms with Crippen LogP contribution >= 0.6 is 0 Å². The fraction of sp³-hybridized carbons (Fsp3) is 0.312. The third-order valence-electron chi connectivity index (χ3n) is 4.36. The summed E-state index contributed by atoms with van der Waals surface area (Å²) in [4.78, 5) is 20.9. The van der Waals surface area contributed by atoms with E-state index in [1.807, 2.05) is 0 Å². The molecule has 1 unspecified atom stereocenters.